The van der Waals surface area contributed by atoms with Crippen LogP contribution in [0, 0.1) is 0 Å². The van der Waals surface area contributed by atoms with E-state index >= 15 is 0 Å². The Kier molecular flexibility index (Phi) is 8.31. The van der Waals surface area contributed by atoms with Gasteiger partial charge in [0, 0.05) is 13.5 Å². The van der Waals surface area contributed by atoms with Crippen LogP contribution in [0.3, 0.4) is 0 Å². The van der Waals surface area contributed by atoms with Crippen molar-refractivity contribution >= 4 is 5.97 Å². The smallest absolute Gasteiger partial charge is 0.306 e. The van der Waals surface area contributed by atoms with Crippen molar-refractivity contribution in [2.24, 2.45) is 0 Å². The first kappa shape index (κ1) is 22.2. The Morgan fingerprint density at radius 3 is 1.84 bits per heavy atom. The molecule has 3 aromatic rings. The van der Waals surface area contributed by atoms with E-state index in [0.29, 0.717) is 13.2 Å². The minimum Gasteiger partial charge on any atom is -0.493 e. The topological polar surface area (TPSA) is 74.2 Å². The normalized spacial score (nSPS) is 11.5. The van der Waals surface area contributed by atoms with Crippen LogP contribution in [0.15, 0.2) is 78.9 Å². The fraction of sp³-hybridized carbons (Fsp3) is 0.240. The number of rotatable bonds is 12. The maximum Gasteiger partial charge on any atom is 0.306 e. The van der Waals surface area contributed by atoms with Gasteiger partial charge < -0.3 is 24.1 Å². The number of para-hydroxylation sites is 1. The first-order chi connectivity index (χ1) is 15.1. The van der Waals surface area contributed by atoms with E-state index in [0.717, 1.165) is 35.0 Å². The molecule has 0 aliphatic rings. The van der Waals surface area contributed by atoms with Gasteiger partial charge in [-0.3, -0.25) is 4.79 Å². The van der Waals surface area contributed by atoms with Crippen LogP contribution < -0.4 is 14.2 Å². The number of ether oxygens (including phenoxy) is 4. The Balaban J connectivity index is 1.37. The van der Waals surface area contributed by atoms with Gasteiger partial charge in [0.25, 0.3) is 0 Å². The van der Waals surface area contributed by atoms with Crippen LogP contribution in [0.25, 0.3) is 0 Å². The summed E-state index contributed by atoms with van der Waals surface area (Å²) in [7, 11) is 1.50. The largest absolute Gasteiger partial charge is 0.493 e. The third-order valence-corrected chi connectivity index (χ3v) is 4.53. The summed E-state index contributed by atoms with van der Waals surface area (Å²) in [6.07, 6.45) is 0.182. The van der Waals surface area contributed by atoms with Gasteiger partial charge in [-0.1, -0.05) is 30.3 Å². The van der Waals surface area contributed by atoms with Crippen LogP contribution in [0.2, 0.25) is 0 Å². The average molecular weight is 422 g/mol. The van der Waals surface area contributed by atoms with Gasteiger partial charge in [-0.05, 0) is 54.1 Å². The minimum absolute atomic E-state index is 0.0760. The summed E-state index contributed by atoms with van der Waals surface area (Å²) >= 11 is 0. The van der Waals surface area contributed by atoms with E-state index in [2.05, 4.69) is 0 Å². The monoisotopic (exact) mass is 422 g/mol. The number of aliphatic carboxylic acids is 1. The number of benzene rings is 3. The summed E-state index contributed by atoms with van der Waals surface area (Å²) in [6.45, 7) is 1.04. The highest BCUT2D eigenvalue weighted by atomic mass is 16.5. The SMILES string of the molecule is COC(CC(=O)O)c1ccc(OCCCOc2ccc(Oc3ccccc3)cc2)cc1. The van der Waals surface area contributed by atoms with Gasteiger partial charge in [0.05, 0.1) is 25.7 Å². The molecule has 0 heterocycles. The summed E-state index contributed by atoms with van der Waals surface area (Å²) in [5.41, 5.74) is 0.806. The molecule has 0 saturated carbocycles. The Morgan fingerprint density at radius 1 is 0.774 bits per heavy atom. The second-order valence-corrected chi connectivity index (χ2v) is 6.83. The van der Waals surface area contributed by atoms with Gasteiger partial charge in [0.1, 0.15) is 23.0 Å². The van der Waals surface area contributed by atoms with Crippen LogP contribution >= 0.6 is 0 Å². The molecule has 1 unspecified atom stereocenters. The number of carboxylic acid groups (broad SMARTS) is 1. The minimum atomic E-state index is -0.898. The van der Waals surface area contributed by atoms with Crippen LogP contribution in [0.4, 0.5) is 0 Å². The summed E-state index contributed by atoms with van der Waals surface area (Å²) < 4.78 is 22.5. The van der Waals surface area contributed by atoms with Crippen molar-refractivity contribution in [1.82, 2.24) is 0 Å². The number of hydrogen-bond donors (Lipinski definition) is 1. The van der Waals surface area contributed by atoms with Gasteiger partial charge in [-0.15, -0.1) is 0 Å². The zero-order chi connectivity index (χ0) is 21.9. The van der Waals surface area contributed by atoms with Gasteiger partial charge in [0.2, 0.25) is 0 Å². The Morgan fingerprint density at radius 2 is 1.29 bits per heavy atom. The van der Waals surface area contributed by atoms with E-state index in [4.69, 9.17) is 24.1 Å². The predicted octanol–water partition coefficient (Wildman–Crippen LogP) is 5.49. The second kappa shape index (κ2) is 11.6. The first-order valence-electron chi connectivity index (χ1n) is 10.1. The molecule has 6 nitrogen and oxygen atoms in total. The molecule has 3 rings (SSSR count). The second-order valence-electron chi connectivity index (χ2n) is 6.83. The van der Waals surface area contributed by atoms with Crippen molar-refractivity contribution < 1.29 is 28.8 Å². The van der Waals surface area contributed by atoms with Gasteiger partial charge >= 0.3 is 5.97 Å². The van der Waals surface area contributed by atoms with Gasteiger partial charge in [-0.25, -0.2) is 0 Å². The quantitative estimate of drug-likeness (QED) is 0.389. The molecule has 6 heteroatoms. The maximum atomic E-state index is 10.9. The van der Waals surface area contributed by atoms with Crippen molar-refractivity contribution in [3.63, 3.8) is 0 Å². The van der Waals surface area contributed by atoms with Crippen LogP contribution in [-0.2, 0) is 9.53 Å². The molecule has 0 saturated heterocycles. The predicted molar refractivity (Wildman–Crippen MR) is 117 cm³/mol. The highest BCUT2D eigenvalue weighted by Crippen LogP contribution is 2.24. The standard InChI is InChI=1S/C25H26O6/c1-28-24(18-25(26)27)19-8-10-20(11-9-19)29-16-5-17-30-21-12-14-23(15-13-21)31-22-6-3-2-4-7-22/h2-4,6-15,24H,5,16-18H2,1H3,(H,26,27). The lowest BCUT2D eigenvalue weighted by molar-refractivity contribution is -0.139. The fourth-order valence-corrected chi connectivity index (χ4v) is 2.94. The van der Waals surface area contributed by atoms with E-state index < -0.39 is 12.1 Å². The molecule has 0 aromatic heterocycles. The molecule has 0 fully saturated rings. The highest BCUT2D eigenvalue weighted by Gasteiger charge is 2.14. The lowest BCUT2D eigenvalue weighted by atomic mass is 10.1. The molecule has 1 atom stereocenters. The van der Waals surface area contributed by atoms with Crippen LogP contribution in [0.5, 0.6) is 23.0 Å². The van der Waals surface area contributed by atoms with E-state index in [1.807, 2.05) is 78.9 Å². The summed E-state index contributed by atoms with van der Waals surface area (Å²) in [5.74, 6) is 2.14. The first-order valence-corrected chi connectivity index (χ1v) is 10.1. The van der Waals surface area contributed by atoms with Crippen molar-refractivity contribution in [2.45, 2.75) is 18.9 Å². The molecule has 0 bridgehead atoms. The molecule has 162 valence electrons. The highest BCUT2D eigenvalue weighted by molar-refractivity contribution is 5.67. The van der Waals surface area contributed by atoms with E-state index in [9.17, 15) is 4.79 Å². The molecule has 0 amide bonds. The number of methoxy groups -OCH3 is 1. The lowest BCUT2D eigenvalue weighted by Crippen LogP contribution is -2.08. The molecule has 1 N–H and O–H groups in total. The average Bonchev–Trinajstić information content (AvgIpc) is 2.79. The van der Waals surface area contributed by atoms with E-state index in [1.54, 1.807) is 0 Å². The molecule has 0 radical (unpaired) electrons. The molecule has 31 heavy (non-hydrogen) atoms. The fourth-order valence-electron chi connectivity index (χ4n) is 2.94. The van der Waals surface area contributed by atoms with E-state index in [1.165, 1.54) is 7.11 Å². The molecule has 3 aromatic carbocycles. The molecule has 0 spiro atoms. The Bertz CT molecular complexity index is 922. The third-order valence-electron chi connectivity index (χ3n) is 4.53. The summed E-state index contributed by atoms with van der Waals surface area (Å²) in [4.78, 5) is 10.9. The molecular formula is C25H26O6. The maximum absolute atomic E-state index is 10.9. The van der Waals surface area contributed by atoms with Gasteiger partial charge in [-0.2, -0.15) is 0 Å². The summed E-state index contributed by atoms with van der Waals surface area (Å²) in [5, 5.41) is 8.93. The Hall–Kier alpha value is -3.51. The van der Waals surface area contributed by atoms with Crippen molar-refractivity contribution in [1.29, 1.82) is 0 Å². The number of carboxylic acids is 1. The van der Waals surface area contributed by atoms with Crippen LogP contribution in [0.1, 0.15) is 24.5 Å². The lowest BCUT2D eigenvalue weighted by Gasteiger charge is -2.14. The summed E-state index contributed by atoms with van der Waals surface area (Å²) in [6, 6.07) is 24.4. The third kappa shape index (κ3) is 7.35. The number of carbonyl (C=O) groups is 1. The van der Waals surface area contributed by atoms with Crippen molar-refractivity contribution in [2.75, 3.05) is 20.3 Å². The number of hydrogen-bond acceptors (Lipinski definition) is 5. The molecule has 0 aliphatic heterocycles. The van der Waals surface area contributed by atoms with Crippen molar-refractivity contribution in [3.8, 4) is 23.0 Å². The zero-order valence-electron chi connectivity index (χ0n) is 17.4. The zero-order valence-corrected chi connectivity index (χ0v) is 17.4. The van der Waals surface area contributed by atoms with E-state index in [-0.39, 0.29) is 6.42 Å². The Labute approximate surface area is 182 Å². The van der Waals surface area contributed by atoms with Crippen molar-refractivity contribution in [3.05, 3.63) is 84.4 Å². The molecule has 0 aliphatic carbocycles. The molecular weight excluding hydrogens is 396 g/mol. The van der Waals surface area contributed by atoms with Gasteiger partial charge in [0.15, 0.2) is 0 Å². The van der Waals surface area contributed by atoms with Crippen LogP contribution in [-0.4, -0.2) is 31.4 Å².